The zero-order valence-electron chi connectivity index (χ0n) is 7.37. The van der Waals surface area contributed by atoms with Gasteiger partial charge in [0.2, 0.25) is 0 Å². The van der Waals surface area contributed by atoms with Gasteiger partial charge in [0.15, 0.2) is 11.5 Å². The third-order valence-corrected chi connectivity index (χ3v) is 1.51. The summed E-state index contributed by atoms with van der Waals surface area (Å²) in [7, 11) is 1.25. The number of esters is 1. The van der Waals surface area contributed by atoms with E-state index in [0.29, 0.717) is 5.69 Å². The molecule has 1 heterocycles. The number of rotatable bonds is 1. The van der Waals surface area contributed by atoms with Crippen LogP contribution in [0.1, 0.15) is 16.2 Å². The highest BCUT2D eigenvalue weighted by molar-refractivity contribution is 5.92. The van der Waals surface area contributed by atoms with Gasteiger partial charge in [0.1, 0.15) is 5.82 Å². The molecular formula is C7H10N4O2. The third kappa shape index (κ3) is 1.66. The molecule has 0 atom stereocenters. The number of nitrogens with zero attached hydrogens (tertiary/aromatic N) is 2. The zero-order chi connectivity index (χ0) is 10.0. The van der Waals surface area contributed by atoms with Crippen LogP contribution in [0.15, 0.2) is 0 Å². The maximum Gasteiger partial charge on any atom is 0.360 e. The summed E-state index contributed by atoms with van der Waals surface area (Å²) >= 11 is 0. The summed E-state index contributed by atoms with van der Waals surface area (Å²) in [5.74, 6) is -0.423. The predicted molar refractivity (Wildman–Crippen MR) is 46.9 cm³/mol. The van der Waals surface area contributed by atoms with Crippen LogP contribution < -0.4 is 11.5 Å². The van der Waals surface area contributed by atoms with Gasteiger partial charge in [-0.05, 0) is 6.92 Å². The predicted octanol–water partition coefficient (Wildman–Crippen LogP) is -0.264. The van der Waals surface area contributed by atoms with Crippen LogP contribution in [-0.4, -0.2) is 23.0 Å². The average Bonchev–Trinajstić information content (AvgIpc) is 2.10. The molecule has 1 aromatic heterocycles. The van der Waals surface area contributed by atoms with Gasteiger partial charge in [0, 0.05) is 0 Å². The minimum absolute atomic E-state index is 0.00537. The van der Waals surface area contributed by atoms with E-state index in [2.05, 4.69) is 14.7 Å². The highest BCUT2D eigenvalue weighted by atomic mass is 16.5. The van der Waals surface area contributed by atoms with Crippen molar-refractivity contribution in [1.29, 1.82) is 0 Å². The van der Waals surface area contributed by atoms with Crippen molar-refractivity contribution in [1.82, 2.24) is 9.97 Å². The number of methoxy groups -OCH3 is 1. The molecule has 13 heavy (non-hydrogen) atoms. The summed E-state index contributed by atoms with van der Waals surface area (Å²) in [6, 6.07) is 0. The standard InChI is InChI=1S/C7H10N4O2/c1-3-5(8)11-6(9)4(10-3)7(12)13-2/h1-2H3,(H4,8,9,11). The molecule has 0 aliphatic heterocycles. The summed E-state index contributed by atoms with van der Waals surface area (Å²) in [5.41, 5.74) is 11.3. The molecule has 0 amide bonds. The molecule has 1 aromatic rings. The fourth-order valence-electron chi connectivity index (χ4n) is 0.793. The lowest BCUT2D eigenvalue weighted by Crippen LogP contribution is -2.12. The Hall–Kier alpha value is -1.85. The Morgan fingerprint density at radius 3 is 2.46 bits per heavy atom. The lowest BCUT2D eigenvalue weighted by Gasteiger charge is -2.04. The highest BCUT2D eigenvalue weighted by Crippen LogP contribution is 2.12. The molecule has 0 saturated carbocycles. The van der Waals surface area contributed by atoms with Crippen molar-refractivity contribution >= 4 is 17.6 Å². The first-order chi connectivity index (χ1) is 6.06. The molecule has 6 nitrogen and oxygen atoms in total. The molecule has 6 heteroatoms. The smallest absolute Gasteiger partial charge is 0.360 e. The average molecular weight is 182 g/mol. The Labute approximate surface area is 74.9 Å². The van der Waals surface area contributed by atoms with Crippen molar-refractivity contribution in [3.63, 3.8) is 0 Å². The van der Waals surface area contributed by atoms with Gasteiger partial charge < -0.3 is 16.2 Å². The normalized spacial score (nSPS) is 9.69. The Bertz CT molecular complexity index is 351. The minimum Gasteiger partial charge on any atom is -0.464 e. The second kappa shape index (κ2) is 3.26. The van der Waals surface area contributed by atoms with E-state index in [1.165, 1.54) is 7.11 Å². The first-order valence-corrected chi connectivity index (χ1v) is 3.54. The Kier molecular flexibility index (Phi) is 2.32. The summed E-state index contributed by atoms with van der Waals surface area (Å²) in [5, 5.41) is 0. The van der Waals surface area contributed by atoms with Gasteiger partial charge in [-0.2, -0.15) is 0 Å². The summed E-state index contributed by atoms with van der Waals surface area (Å²) in [6.07, 6.45) is 0. The fraction of sp³-hybridized carbons (Fsp3) is 0.286. The van der Waals surface area contributed by atoms with Gasteiger partial charge in [-0.25, -0.2) is 14.8 Å². The Morgan fingerprint density at radius 1 is 1.31 bits per heavy atom. The van der Waals surface area contributed by atoms with E-state index in [4.69, 9.17) is 11.5 Å². The molecule has 0 aliphatic carbocycles. The second-order valence-electron chi connectivity index (χ2n) is 2.42. The molecule has 0 spiro atoms. The SMILES string of the molecule is COC(=O)c1nc(C)c(N)nc1N. The van der Waals surface area contributed by atoms with E-state index < -0.39 is 5.97 Å². The van der Waals surface area contributed by atoms with Crippen LogP contribution in [0, 0.1) is 6.92 Å². The van der Waals surface area contributed by atoms with Crippen LogP contribution >= 0.6 is 0 Å². The van der Waals surface area contributed by atoms with E-state index in [0.717, 1.165) is 0 Å². The van der Waals surface area contributed by atoms with Gasteiger partial charge in [0.25, 0.3) is 0 Å². The van der Waals surface area contributed by atoms with Crippen molar-refractivity contribution in [2.24, 2.45) is 0 Å². The maximum absolute atomic E-state index is 11.1. The van der Waals surface area contributed by atoms with E-state index in [-0.39, 0.29) is 17.3 Å². The molecule has 0 radical (unpaired) electrons. The van der Waals surface area contributed by atoms with Crippen molar-refractivity contribution in [2.75, 3.05) is 18.6 Å². The number of nitrogens with two attached hydrogens (primary N) is 2. The van der Waals surface area contributed by atoms with Crippen LogP contribution in [0.25, 0.3) is 0 Å². The van der Waals surface area contributed by atoms with E-state index in [1.807, 2.05) is 0 Å². The first kappa shape index (κ1) is 9.24. The van der Waals surface area contributed by atoms with Crippen LogP contribution in [0.2, 0.25) is 0 Å². The fourth-order valence-corrected chi connectivity index (χ4v) is 0.793. The molecule has 0 bridgehead atoms. The molecule has 1 rings (SSSR count). The van der Waals surface area contributed by atoms with Crippen LogP contribution in [0.4, 0.5) is 11.6 Å². The first-order valence-electron chi connectivity index (χ1n) is 3.54. The van der Waals surface area contributed by atoms with Crippen molar-refractivity contribution < 1.29 is 9.53 Å². The zero-order valence-corrected chi connectivity index (χ0v) is 7.37. The molecule has 0 unspecified atom stereocenters. The second-order valence-corrected chi connectivity index (χ2v) is 2.42. The molecule has 0 fully saturated rings. The number of nitrogen functional groups attached to an aromatic ring is 2. The van der Waals surface area contributed by atoms with Crippen molar-refractivity contribution in [3.8, 4) is 0 Å². The largest absolute Gasteiger partial charge is 0.464 e. The van der Waals surface area contributed by atoms with E-state index >= 15 is 0 Å². The van der Waals surface area contributed by atoms with E-state index in [9.17, 15) is 4.79 Å². The third-order valence-electron chi connectivity index (χ3n) is 1.51. The van der Waals surface area contributed by atoms with E-state index in [1.54, 1.807) is 6.92 Å². The number of carbonyl (C=O) groups excluding carboxylic acids is 1. The van der Waals surface area contributed by atoms with Crippen LogP contribution in [0.3, 0.4) is 0 Å². The lowest BCUT2D eigenvalue weighted by atomic mass is 10.3. The van der Waals surface area contributed by atoms with Gasteiger partial charge >= 0.3 is 5.97 Å². The number of hydrogen-bond donors (Lipinski definition) is 2. The topological polar surface area (TPSA) is 104 Å². The minimum atomic E-state index is -0.618. The van der Waals surface area contributed by atoms with Crippen LogP contribution in [0.5, 0.6) is 0 Å². The van der Waals surface area contributed by atoms with Gasteiger partial charge in [0.05, 0.1) is 12.8 Å². The van der Waals surface area contributed by atoms with Gasteiger partial charge in [-0.3, -0.25) is 0 Å². The molecule has 4 N–H and O–H groups in total. The van der Waals surface area contributed by atoms with Crippen molar-refractivity contribution in [3.05, 3.63) is 11.4 Å². The monoisotopic (exact) mass is 182 g/mol. The Morgan fingerprint density at radius 2 is 1.92 bits per heavy atom. The summed E-state index contributed by atoms with van der Waals surface area (Å²) in [4.78, 5) is 18.6. The molecular weight excluding hydrogens is 172 g/mol. The molecule has 0 saturated heterocycles. The number of ether oxygens (including phenoxy) is 1. The molecule has 0 aliphatic rings. The summed E-state index contributed by atoms with van der Waals surface area (Å²) in [6.45, 7) is 1.63. The van der Waals surface area contributed by atoms with Crippen LogP contribution in [-0.2, 0) is 4.74 Å². The number of carbonyl (C=O) groups is 1. The maximum atomic E-state index is 11.1. The summed E-state index contributed by atoms with van der Waals surface area (Å²) < 4.78 is 4.45. The van der Waals surface area contributed by atoms with Crippen molar-refractivity contribution in [2.45, 2.75) is 6.92 Å². The number of anilines is 2. The molecule has 0 aromatic carbocycles. The Balaban J connectivity index is 3.23. The lowest BCUT2D eigenvalue weighted by molar-refractivity contribution is 0.0595. The van der Waals surface area contributed by atoms with Gasteiger partial charge in [-0.1, -0.05) is 0 Å². The van der Waals surface area contributed by atoms with Gasteiger partial charge in [-0.15, -0.1) is 0 Å². The number of aromatic nitrogens is 2. The quantitative estimate of drug-likeness (QED) is 0.579. The number of hydrogen-bond acceptors (Lipinski definition) is 6. The highest BCUT2D eigenvalue weighted by Gasteiger charge is 2.14. The molecule has 70 valence electrons. The number of aryl methyl sites for hydroxylation is 1.